The molecule has 0 bridgehead atoms. The van der Waals surface area contributed by atoms with E-state index in [4.69, 9.17) is 0 Å². The molecule has 1 atom stereocenters. The van der Waals surface area contributed by atoms with Gasteiger partial charge in [-0.1, -0.05) is 0 Å². The van der Waals surface area contributed by atoms with Crippen molar-refractivity contribution in [2.75, 3.05) is 32.1 Å². The third kappa shape index (κ3) is 6.53. The predicted molar refractivity (Wildman–Crippen MR) is 78.1 cm³/mol. The predicted octanol–water partition coefficient (Wildman–Crippen LogP) is 2.15. The molecule has 1 aliphatic heterocycles. The number of carbonyl (C=O) groups is 1. The van der Waals surface area contributed by atoms with E-state index in [0.29, 0.717) is 11.9 Å². The number of carbonyl (C=O) groups excluding carboxylic acids is 1. The monoisotopic (exact) mass is 280 g/mol. The van der Waals surface area contributed by atoms with Crippen LogP contribution in [-0.4, -0.2) is 49.0 Å². The van der Waals surface area contributed by atoms with Gasteiger partial charge in [0, 0.05) is 25.6 Å². The Morgan fingerprint density at radius 3 is 2.88 bits per heavy atom. The molecule has 0 radical (unpaired) electrons. The third-order valence-electron chi connectivity index (χ3n) is 3.17. The molecule has 1 amide bonds. The number of likely N-dealkylation sites (N-methyl/N-ethyl adjacent to an activating group) is 1. The summed E-state index contributed by atoms with van der Waals surface area (Å²) in [6, 6.07) is 0.504. The van der Waals surface area contributed by atoms with Crippen LogP contribution in [0.5, 0.6) is 0 Å². The molecular formula is C12H25ClN2OS. The zero-order valence-electron chi connectivity index (χ0n) is 10.9. The summed E-state index contributed by atoms with van der Waals surface area (Å²) in [6.45, 7) is 1.86. The van der Waals surface area contributed by atoms with Crippen LogP contribution in [0.2, 0.25) is 0 Å². The Hall–Kier alpha value is 0.0700. The zero-order valence-corrected chi connectivity index (χ0v) is 12.5. The standard InChI is InChI=1S/C12H24N2OS.ClH/c1-13-11-6-5-8-14(10-11)12(15)7-3-4-9-16-2;/h11,13H,3-10H2,1-2H3;1H. The number of thioether (sulfide) groups is 1. The van der Waals surface area contributed by atoms with Crippen LogP contribution in [0.25, 0.3) is 0 Å². The van der Waals surface area contributed by atoms with Crippen molar-refractivity contribution in [1.29, 1.82) is 0 Å². The van der Waals surface area contributed by atoms with E-state index in [1.165, 1.54) is 12.2 Å². The lowest BCUT2D eigenvalue weighted by atomic mass is 10.1. The Balaban J connectivity index is 0.00000256. The molecule has 1 unspecified atom stereocenters. The molecule has 0 saturated carbocycles. The first kappa shape index (κ1) is 17.1. The van der Waals surface area contributed by atoms with E-state index in [9.17, 15) is 4.79 Å². The van der Waals surface area contributed by atoms with Gasteiger partial charge in [-0.2, -0.15) is 11.8 Å². The van der Waals surface area contributed by atoms with Gasteiger partial charge >= 0.3 is 0 Å². The highest BCUT2D eigenvalue weighted by atomic mass is 35.5. The number of unbranched alkanes of at least 4 members (excludes halogenated alkanes) is 1. The summed E-state index contributed by atoms with van der Waals surface area (Å²) in [6.07, 6.45) is 7.40. The normalized spacial score (nSPS) is 19.9. The molecule has 0 aromatic rings. The summed E-state index contributed by atoms with van der Waals surface area (Å²) in [4.78, 5) is 13.9. The van der Waals surface area contributed by atoms with E-state index in [1.807, 2.05) is 23.7 Å². The van der Waals surface area contributed by atoms with Gasteiger partial charge in [-0.3, -0.25) is 4.79 Å². The molecule has 0 aromatic heterocycles. The number of likely N-dealkylation sites (tertiary alicyclic amines) is 1. The average molecular weight is 281 g/mol. The Labute approximate surface area is 115 Å². The lowest BCUT2D eigenvalue weighted by molar-refractivity contribution is -0.132. The Morgan fingerprint density at radius 1 is 1.47 bits per heavy atom. The highest BCUT2D eigenvalue weighted by Gasteiger charge is 2.21. The van der Waals surface area contributed by atoms with Gasteiger partial charge in [0.2, 0.25) is 5.91 Å². The Bertz CT molecular complexity index is 217. The van der Waals surface area contributed by atoms with Crippen LogP contribution < -0.4 is 5.32 Å². The van der Waals surface area contributed by atoms with Gasteiger partial charge in [0.1, 0.15) is 0 Å². The van der Waals surface area contributed by atoms with Crippen LogP contribution in [-0.2, 0) is 4.79 Å². The molecule has 5 heteroatoms. The van der Waals surface area contributed by atoms with E-state index >= 15 is 0 Å². The van der Waals surface area contributed by atoms with Crippen molar-refractivity contribution >= 4 is 30.1 Å². The molecule has 3 nitrogen and oxygen atoms in total. The first-order valence-corrected chi connectivity index (χ1v) is 7.61. The fourth-order valence-electron chi connectivity index (χ4n) is 2.12. The minimum Gasteiger partial charge on any atom is -0.341 e. The van der Waals surface area contributed by atoms with Crippen molar-refractivity contribution in [1.82, 2.24) is 10.2 Å². The van der Waals surface area contributed by atoms with Gasteiger partial charge in [0.25, 0.3) is 0 Å². The van der Waals surface area contributed by atoms with Gasteiger partial charge in [0.05, 0.1) is 0 Å². The number of hydrogen-bond acceptors (Lipinski definition) is 3. The maximum absolute atomic E-state index is 11.9. The number of nitrogens with one attached hydrogen (secondary N) is 1. The second-order valence-electron chi connectivity index (χ2n) is 4.42. The fraction of sp³-hybridized carbons (Fsp3) is 0.917. The zero-order chi connectivity index (χ0) is 11.8. The van der Waals surface area contributed by atoms with Crippen LogP contribution in [0.15, 0.2) is 0 Å². The lowest BCUT2D eigenvalue weighted by Gasteiger charge is -2.32. The molecule has 1 aliphatic rings. The SMILES string of the molecule is CNC1CCCN(C(=O)CCCCSC)C1.Cl. The van der Waals surface area contributed by atoms with Crippen LogP contribution in [0.4, 0.5) is 0 Å². The second-order valence-corrected chi connectivity index (χ2v) is 5.40. The molecule has 1 fully saturated rings. The quantitative estimate of drug-likeness (QED) is 0.757. The Morgan fingerprint density at radius 2 is 2.24 bits per heavy atom. The van der Waals surface area contributed by atoms with Gasteiger partial charge in [-0.25, -0.2) is 0 Å². The van der Waals surface area contributed by atoms with Crippen molar-refractivity contribution in [2.24, 2.45) is 0 Å². The van der Waals surface area contributed by atoms with E-state index < -0.39 is 0 Å². The van der Waals surface area contributed by atoms with E-state index in [0.717, 1.165) is 38.8 Å². The smallest absolute Gasteiger partial charge is 0.222 e. The number of rotatable bonds is 6. The minimum absolute atomic E-state index is 0. The van der Waals surface area contributed by atoms with E-state index in [-0.39, 0.29) is 12.4 Å². The largest absolute Gasteiger partial charge is 0.341 e. The lowest BCUT2D eigenvalue weighted by Crippen LogP contribution is -2.46. The first-order chi connectivity index (χ1) is 7.77. The number of amides is 1. The van der Waals surface area contributed by atoms with Crippen molar-refractivity contribution in [2.45, 2.75) is 38.1 Å². The summed E-state index contributed by atoms with van der Waals surface area (Å²) < 4.78 is 0. The Kier molecular flexibility index (Phi) is 10.1. The van der Waals surface area contributed by atoms with Crippen LogP contribution in [0.1, 0.15) is 32.1 Å². The summed E-state index contributed by atoms with van der Waals surface area (Å²) in [5.74, 6) is 1.52. The number of nitrogens with zero attached hydrogens (tertiary/aromatic N) is 1. The minimum atomic E-state index is 0. The highest BCUT2D eigenvalue weighted by Crippen LogP contribution is 2.12. The number of hydrogen-bond donors (Lipinski definition) is 1. The molecule has 0 aliphatic carbocycles. The summed E-state index contributed by atoms with van der Waals surface area (Å²) >= 11 is 1.86. The molecule has 0 spiro atoms. The van der Waals surface area contributed by atoms with Gasteiger partial charge < -0.3 is 10.2 Å². The van der Waals surface area contributed by atoms with Crippen LogP contribution in [0, 0.1) is 0 Å². The van der Waals surface area contributed by atoms with E-state index in [1.54, 1.807) is 0 Å². The summed E-state index contributed by atoms with van der Waals surface area (Å²) in [7, 11) is 1.98. The molecule has 17 heavy (non-hydrogen) atoms. The van der Waals surface area contributed by atoms with Crippen LogP contribution >= 0.6 is 24.2 Å². The molecule has 1 rings (SSSR count). The summed E-state index contributed by atoms with van der Waals surface area (Å²) in [5.41, 5.74) is 0. The maximum Gasteiger partial charge on any atom is 0.222 e. The van der Waals surface area contributed by atoms with Crippen molar-refractivity contribution in [3.63, 3.8) is 0 Å². The van der Waals surface area contributed by atoms with Gasteiger partial charge in [-0.15, -0.1) is 12.4 Å². The van der Waals surface area contributed by atoms with Crippen molar-refractivity contribution < 1.29 is 4.79 Å². The van der Waals surface area contributed by atoms with Gasteiger partial charge in [0.15, 0.2) is 0 Å². The second kappa shape index (κ2) is 10.0. The number of piperidine rings is 1. The maximum atomic E-state index is 11.9. The highest BCUT2D eigenvalue weighted by molar-refractivity contribution is 7.98. The first-order valence-electron chi connectivity index (χ1n) is 6.22. The third-order valence-corrected chi connectivity index (χ3v) is 3.87. The molecule has 1 N–H and O–H groups in total. The van der Waals surface area contributed by atoms with Crippen molar-refractivity contribution in [3.05, 3.63) is 0 Å². The number of halogens is 1. The molecule has 0 aromatic carbocycles. The average Bonchev–Trinajstić information content (AvgIpc) is 2.34. The molecule has 1 heterocycles. The van der Waals surface area contributed by atoms with Crippen LogP contribution in [0.3, 0.4) is 0 Å². The van der Waals surface area contributed by atoms with Gasteiger partial charge in [-0.05, 0) is 44.7 Å². The summed E-state index contributed by atoms with van der Waals surface area (Å²) in [5, 5.41) is 3.27. The molecular weight excluding hydrogens is 256 g/mol. The van der Waals surface area contributed by atoms with E-state index in [2.05, 4.69) is 11.6 Å². The molecule has 102 valence electrons. The topological polar surface area (TPSA) is 32.3 Å². The van der Waals surface area contributed by atoms with Crippen molar-refractivity contribution in [3.8, 4) is 0 Å². The fourth-order valence-corrected chi connectivity index (χ4v) is 2.61. The molecule has 1 saturated heterocycles.